The van der Waals surface area contributed by atoms with Crippen LogP contribution in [-0.2, 0) is 4.79 Å². The number of carbonyl (C=O) groups is 1. The number of aryl methyl sites for hydroxylation is 1. The summed E-state index contributed by atoms with van der Waals surface area (Å²) in [6.07, 6.45) is 1.69. The number of halogens is 2. The number of piperazine rings is 1. The van der Waals surface area contributed by atoms with Gasteiger partial charge in [0.1, 0.15) is 23.2 Å². The first-order chi connectivity index (χ1) is 20.0. The average molecular weight is 593 g/mol. The van der Waals surface area contributed by atoms with Crippen LogP contribution in [-0.4, -0.2) is 75.8 Å². The number of hydrogen-bond donors (Lipinski definition) is 1. The van der Waals surface area contributed by atoms with Gasteiger partial charge in [-0.1, -0.05) is 32.0 Å². The Kier molecular flexibility index (Phi) is 8.21. The van der Waals surface area contributed by atoms with Gasteiger partial charge in [-0.2, -0.15) is 0 Å². The first kappa shape index (κ1) is 29.5. The van der Waals surface area contributed by atoms with Gasteiger partial charge in [0.15, 0.2) is 0 Å². The molecule has 5 rings (SSSR count). The van der Waals surface area contributed by atoms with E-state index in [4.69, 9.17) is 26.3 Å². The molecule has 220 valence electrons. The molecule has 1 unspecified atom stereocenters. The van der Waals surface area contributed by atoms with Crippen molar-refractivity contribution in [2.24, 2.45) is 4.99 Å². The fourth-order valence-corrected chi connectivity index (χ4v) is 5.79. The second-order valence-electron chi connectivity index (χ2n) is 10.8. The monoisotopic (exact) mass is 592 g/mol. The van der Waals surface area contributed by atoms with Crippen molar-refractivity contribution >= 4 is 34.8 Å². The van der Waals surface area contributed by atoms with Crippen molar-refractivity contribution in [3.8, 4) is 17.0 Å². The molecule has 1 amide bonds. The minimum absolute atomic E-state index is 0.0269. The van der Waals surface area contributed by atoms with E-state index in [-0.39, 0.29) is 34.1 Å². The van der Waals surface area contributed by atoms with E-state index < -0.39 is 12.2 Å². The van der Waals surface area contributed by atoms with Gasteiger partial charge >= 0.3 is 0 Å². The number of aliphatic hydroxyl groups is 1. The van der Waals surface area contributed by atoms with Crippen molar-refractivity contribution in [3.63, 3.8) is 0 Å². The van der Waals surface area contributed by atoms with Crippen molar-refractivity contribution in [3.05, 3.63) is 76.8 Å². The summed E-state index contributed by atoms with van der Waals surface area (Å²) in [6.45, 7) is 12.9. The van der Waals surface area contributed by atoms with Crippen LogP contribution in [0.2, 0.25) is 5.02 Å². The molecule has 2 aliphatic rings. The predicted octanol–water partition coefficient (Wildman–Crippen LogP) is 5.27. The van der Waals surface area contributed by atoms with Crippen LogP contribution in [0.5, 0.6) is 5.75 Å². The SMILES string of the molecule is C=CC(=O)N1CCN(C2=NC(O)N(c3c(C)ccnc3C(C)C)c3nc(-c4cc(OC)ccc4F)c(Cl)cc32)[C@@H](C)C1. The zero-order valence-corrected chi connectivity index (χ0v) is 25.1. The van der Waals surface area contributed by atoms with Gasteiger partial charge in [-0.3, -0.25) is 14.7 Å². The second kappa shape index (κ2) is 11.7. The van der Waals surface area contributed by atoms with Gasteiger partial charge in [0.25, 0.3) is 0 Å². The smallest absolute Gasteiger partial charge is 0.246 e. The number of methoxy groups -OCH3 is 1. The molecular weight excluding hydrogens is 559 g/mol. The van der Waals surface area contributed by atoms with Crippen LogP contribution in [0, 0.1) is 12.7 Å². The molecule has 1 N–H and O–H groups in total. The third-order valence-corrected chi connectivity index (χ3v) is 7.94. The molecule has 0 spiro atoms. The lowest BCUT2D eigenvalue weighted by atomic mass is 10.0. The Morgan fingerprint density at radius 1 is 1.24 bits per heavy atom. The summed E-state index contributed by atoms with van der Waals surface area (Å²) < 4.78 is 20.5. The summed E-state index contributed by atoms with van der Waals surface area (Å²) in [5.41, 5.74) is 3.24. The van der Waals surface area contributed by atoms with E-state index in [9.17, 15) is 9.90 Å². The number of aliphatic hydroxyl groups excluding tert-OH is 1. The standard InChI is InChI=1S/C31H34ClFN6O3/c1-7-25(40)37-12-13-38(19(5)16-37)29-22-15-23(32)27(21-14-20(42-6)8-9-24(21)33)35-30(22)39(31(41)36-29)28-18(4)10-11-34-26(28)17(2)3/h7-11,14-15,17,19,31,41H,1,12-13,16H2,2-6H3/t19-,31?/m0/s1. The normalized spacial score (nSPS) is 18.6. The molecule has 11 heteroatoms. The van der Waals surface area contributed by atoms with Gasteiger partial charge in [-0.05, 0) is 61.7 Å². The molecule has 2 aliphatic heterocycles. The highest BCUT2D eigenvalue weighted by atomic mass is 35.5. The molecule has 0 aliphatic carbocycles. The molecular formula is C31H34ClFN6O3. The van der Waals surface area contributed by atoms with E-state index in [2.05, 4.69) is 11.6 Å². The highest BCUT2D eigenvalue weighted by molar-refractivity contribution is 6.33. The van der Waals surface area contributed by atoms with E-state index >= 15 is 4.39 Å². The van der Waals surface area contributed by atoms with Crippen molar-refractivity contribution < 1.29 is 19.0 Å². The minimum atomic E-state index is -1.36. The lowest BCUT2D eigenvalue weighted by Crippen LogP contribution is -2.56. The maximum Gasteiger partial charge on any atom is 0.246 e. The molecule has 2 aromatic heterocycles. The number of aliphatic imine (C=N–C) groups is 1. The van der Waals surface area contributed by atoms with E-state index in [1.54, 1.807) is 28.1 Å². The molecule has 2 atom stereocenters. The van der Waals surface area contributed by atoms with Crippen LogP contribution in [0.4, 0.5) is 15.9 Å². The van der Waals surface area contributed by atoms with Crippen LogP contribution in [0.3, 0.4) is 0 Å². The summed E-state index contributed by atoms with van der Waals surface area (Å²) >= 11 is 6.83. The van der Waals surface area contributed by atoms with E-state index in [1.165, 1.54) is 25.3 Å². The van der Waals surface area contributed by atoms with Crippen LogP contribution in [0.15, 0.2) is 54.2 Å². The zero-order valence-electron chi connectivity index (χ0n) is 24.3. The Hall–Kier alpha value is -4.02. The lowest BCUT2D eigenvalue weighted by molar-refractivity contribution is -0.128. The molecule has 9 nitrogen and oxygen atoms in total. The van der Waals surface area contributed by atoms with Crippen LogP contribution >= 0.6 is 11.6 Å². The Morgan fingerprint density at radius 3 is 2.67 bits per heavy atom. The predicted molar refractivity (Wildman–Crippen MR) is 162 cm³/mol. The van der Waals surface area contributed by atoms with E-state index in [0.29, 0.717) is 48.3 Å². The number of amidine groups is 1. The minimum Gasteiger partial charge on any atom is -0.497 e. The molecule has 3 aromatic rings. The topological polar surface area (TPSA) is 94.4 Å². The first-order valence-electron chi connectivity index (χ1n) is 13.8. The summed E-state index contributed by atoms with van der Waals surface area (Å²) in [6, 6.07) is 7.82. The molecule has 0 bridgehead atoms. The Morgan fingerprint density at radius 2 is 2.00 bits per heavy atom. The van der Waals surface area contributed by atoms with Crippen molar-refractivity contribution in [2.45, 2.75) is 46.0 Å². The summed E-state index contributed by atoms with van der Waals surface area (Å²) in [7, 11) is 1.50. The van der Waals surface area contributed by atoms with Gasteiger partial charge in [-0.25, -0.2) is 14.4 Å². The number of fused-ring (bicyclic) bond motifs is 1. The number of ether oxygens (including phenoxy) is 1. The van der Waals surface area contributed by atoms with Gasteiger partial charge in [0, 0.05) is 37.4 Å². The third-order valence-electron chi connectivity index (χ3n) is 7.65. The number of nitrogens with zero attached hydrogens (tertiary/aromatic N) is 6. The Bertz CT molecular complexity index is 1580. The number of aromatic nitrogens is 2. The Balaban J connectivity index is 1.72. The summed E-state index contributed by atoms with van der Waals surface area (Å²) in [4.78, 5) is 32.0. The molecule has 1 saturated heterocycles. The number of benzene rings is 1. The van der Waals surface area contributed by atoms with Gasteiger partial charge in [0.2, 0.25) is 12.3 Å². The van der Waals surface area contributed by atoms with Crippen LogP contribution < -0.4 is 9.64 Å². The molecule has 42 heavy (non-hydrogen) atoms. The highest BCUT2D eigenvalue weighted by Gasteiger charge is 2.38. The largest absolute Gasteiger partial charge is 0.497 e. The lowest BCUT2D eigenvalue weighted by Gasteiger charge is -2.44. The fraction of sp³-hybridized carbons (Fsp3) is 0.355. The summed E-state index contributed by atoms with van der Waals surface area (Å²) in [5, 5.41) is 11.9. The van der Waals surface area contributed by atoms with Gasteiger partial charge in [-0.15, -0.1) is 0 Å². The fourth-order valence-electron chi connectivity index (χ4n) is 5.53. The van der Waals surface area contributed by atoms with Gasteiger partial charge in [0.05, 0.1) is 34.8 Å². The van der Waals surface area contributed by atoms with E-state index in [1.807, 2.05) is 38.7 Å². The number of hydrogen-bond acceptors (Lipinski definition) is 8. The zero-order chi connectivity index (χ0) is 30.3. The third kappa shape index (κ3) is 5.20. The van der Waals surface area contributed by atoms with E-state index in [0.717, 1.165) is 11.3 Å². The van der Waals surface area contributed by atoms with Gasteiger partial charge < -0.3 is 19.6 Å². The summed E-state index contributed by atoms with van der Waals surface area (Å²) in [5.74, 6) is 0.683. The number of anilines is 2. The molecule has 0 radical (unpaired) electrons. The highest BCUT2D eigenvalue weighted by Crippen LogP contribution is 2.43. The first-order valence-corrected chi connectivity index (χ1v) is 14.2. The van der Waals surface area contributed by atoms with Crippen LogP contribution in [0.25, 0.3) is 11.3 Å². The second-order valence-corrected chi connectivity index (χ2v) is 11.2. The van der Waals surface area contributed by atoms with Crippen LogP contribution in [0.1, 0.15) is 43.5 Å². The molecule has 0 saturated carbocycles. The van der Waals surface area contributed by atoms with Crippen molar-refractivity contribution in [1.29, 1.82) is 0 Å². The van der Waals surface area contributed by atoms with Crippen molar-refractivity contribution in [1.82, 2.24) is 19.8 Å². The molecule has 4 heterocycles. The number of rotatable bonds is 5. The van der Waals surface area contributed by atoms with Crippen molar-refractivity contribution in [2.75, 3.05) is 31.6 Å². The maximum atomic E-state index is 15.2. The molecule has 1 aromatic carbocycles. The average Bonchev–Trinajstić information content (AvgIpc) is 2.97. The number of pyridine rings is 2. The molecule has 1 fully saturated rings. The number of carbonyl (C=O) groups excluding carboxylic acids is 1. The quantitative estimate of drug-likeness (QED) is 0.403. The maximum absolute atomic E-state index is 15.2. The Labute approximate surface area is 249 Å². The number of amides is 1.